The Morgan fingerprint density at radius 3 is 2.53 bits per heavy atom. The van der Waals surface area contributed by atoms with Gasteiger partial charge in [0.25, 0.3) is 0 Å². The molecule has 8 nitrogen and oxygen atoms in total. The van der Waals surface area contributed by atoms with Crippen LogP contribution in [0.5, 0.6) is 0 Å². The minimum atomic E-state index is -3.74. The van der Waals surface area contributed by atoms with Crippen molar-refractivity contribution in [3.63, 3.8) is 0 Å². The van der Waals surface area contributed by atoms with Crippen LogP contribution in [0.1, 0.15) is 24.8 Å². The van der Waals surface area contributed by atoms with Crippen LogP contribution in [0.4, 0.5) is 5.69 Å². The molecule has 4 N–H and O–H groups in total. The van der Waals surface area contributed by atoms with Gasteiger partial charge < -0.3 is 11.1 Å². The molecule has 0 bridgehead atoms. The van der Waals surface area contributed by atoms with Crippen molar-refractivity contribution in [3.8, 4) is 0 Å². The Kier molecular flexibility index (Phi) is 7.26. The number of para-hydroxylation sites is 1. The van der Waals surface area contributed by atoms with Gasteiger partial charge in [-0.2, -0.15) is 0 Å². The summed E-state index contributed by atoms with van der Waals surface area (Å²) in [6.45, 7) is 1.24. The van der Waals surface area contributed by atoms with Crippen molar-refractivity contribution in [2.75, 3.05) is 18.4 Å². The fourth-order valence-corrected chi connectivity index (χ4v) is 5.33. The van der Waals surface area contributed by atoms with Crippen molar-refractivity contribution in [1.82, 2.24) is 9.62 Å². The number of sulfonamides is 1. The monoisotopic (exact) mass is 480 g/mol. The van der Waals surface area contributed by atoms with E-state index in [1.807, 2.05) is 47.4 Å². The molecule has 3 aromatic carbocycles. The lowest BCUT2D eigenvalue weighted by Gasteiger charge is -2.23. The minimum Gasteiger partial charge on any atom is -0.368 e. The summed E-state index contributed by atoms with van der Waals surface area (Å²) in [4.78, 5) is 26.4. The van der Waals surface area contributed by atoms with Gasteiger partial charge in [0.2, 0.25) is 21.8 Å². The zero-order valence-corrected chi connectivity index (χ0v) is 19.6. The van der Waals surface area contributed by atoms with Crippen LogP contribution in [0.2, 0.25) is 0 Å². The lowest BCUT2D eigenvalue weighted by molar-refractivity contribution is -0.122. The smallest absolute Gasteiger partial charge is 0.240 e. The molecule has 2 amide bonds. The summed E-state index contributed by atoms with van der Waals surface area (Å²) in [7, 11) is -3.74. The maximum Gasteiger partial charge on any atom is 0.240 e. The summed E-state index contributed by atoms with van der Waals surface area (Å²) >= 11 is 0. The highest BCUT2D eigenvalue weighted by Crippen LogP contribution is 2.24. The number of amides is 2. The van der Waals surface area contributed by atoms with Crippen molar-refractivity contribution in [3.05, 3.63) is 72.3 Å². The van der Waals surface area contributed by atoms with Crippen LogP contribution in [0.15, 0.2) is 71.6 Å². The summed E-state index contributed by atoms with van der Waals surface area (Å²) in [6.07, 6.45) is 1.62. The van der Waals surface area contributed by atoms with Crippen molar-refractivity contribution < 1.29 is 18.0 Å². The summed E-state index contributed by atoms with van der Waals surface area (Å²) < 4.78 is 27.8. The highest BCUT2D eigenvalue weighted by Gasteiger charge is 2.29. The van der Waals surface area contributed by atoms with Crippen molar-refractivity contribution in [2.24, 2.45) is 5.73 Å². The molecular formula is C25H28N4O4S. The number of anilines is 1. The molecule has 1 saturated heterocycles. The van der Waals surface area contributed by atoms with Gasteiger partial charge in [0.15, 0.2) is 0 Å². The molecule has 1 atom stereocenters. The highest BCUT2D eigenvalue weighted by molar-refractivity contribution is 7.89. The fourth-order valence-electron chi connectivity index (χ4n) is 4.27. The van der Waals surface area contributed by atoms with Gasteiger partial charge in [-0.25, -0.2) is 13.1 Å². The first-order valence-electron chi connectivity index (χ1n) is 11.2. The molecule has 0 aromatic heterocycles. The quantitative estimate of drug-likeness (QED) is 0.435. The molecule has 1 aliphatic heterocycles. The van der Waals surface area contributed by atoms with Crippen LogP contribution in [-0.2, 0) is 26.2 Å². The van der Waals surface area contributed by atoms with Gasteiger partial charge in [-0.05, 0) is 53.9 Å². The highest BCUT2D eigenvalue weighted by atomic mass is 32.2. The number of primary amides is 1. The number of nitrogens with zero attached hydrogens (tertiary/aromatic N) is 1. The lowest BCUT2D eigenvalue weighted by atomic mass is 10.1. The zero-order chi connectivity index (χ0) is 24.1. The molecule has 0 spiro atoms. The molecule has 9 heteroatoms. The number of fused-ring (bicyclic) bond motifs is 1. The number of likely N-dealkylation sites (tertiary alicyclic amines) is 1. The molecule has 1 aliphatic rings. The van der Waals surface area contributed by atoms with E-state index in [-0.39, 0.29) is 35.7 Å². The molecule has 0 saturated carbocycles. The van der Waals surface area contributed by atoms with Crippen molar-refractivity contribution in [2.45, 2.75) is 36.7 Å². The van der Waals surface area contributed by atoms with Gasteiger partial charge in [-0.1, -0.05) is 48.5 Å². The summed E-state index contributed by atoms with van der Waals surface area (Å²) in [5, 5.41) is 4.65. The van der Waals surface area contributed by atoms with E-state index < -0.39 is 10.0 Å². The summed E-state index contributed by atoms with van der Waals surface area (Å²) in [5.74, 6) is -0.640. The third-order valence-electron chi connectivity index (χ3n) is 6.03. The number of nitrogens with two attached hydrogens (primary N) is 1. The van der Waals surface area contributed by atoms with E-state index in [9.17, 15) is 18.0 Å². The predicted molar refractivity (Wildman–Crippen MR) is 131 cm³/mol. The van der Waals surface area contributed by atoms with E-state index in [0.717, 1.165) is 35.7 Å². The first-order chi connectivity index (χ1) is 16.3. The van der Waals surface area contributed by atoms with Crippen LogP contribution in [0, 0.1) is 0 Å². The number of nitrogens with one attached hydrogen (secondary N) is 2. The van der Waals surface area contributed by atoms with E-state index in [1.165, 1.54) is 0 Å². The molecule has 34 heavy (non-hydrogen) atoms. The SMILES string of the molecule is NC(=O)C1CCCN1Cc1ccccc1NC(=O)CCNS(=O)(=O)c1ccc2ccccc2c1. The molecule has 1 unspecified atom stereocenters. The average Bonchev–Trinajstić information content (AvgIpc) is 3.28. The van der Waals surface area contributed by atoms with E-state index in [4.69, 9.17) is 5.73 Å². The molecule has 178 valence electrons. The number of carbonyl (C=O) groups is 2. The Balaban J connectivity index is 1.35. The van der Waals surface area contributed by atoms with Gasteiger partial charge in [0.1, 0.15) is 0 Å². The molecule has 1 heterocycles. The van der Waals surface area contributed by atoms with Crippen LogP contribution >= 0.6 is 0 Å². The van der Waals surface area contributed by atoms with Crippen LogP contribution in [-0.4, -0.2) is 44.3 Å². The summed E-state index contributed by atoms with van der Waals surface area (Å²) in [5.41, 5.74) is 7.03. The van der Waals surface area contributed by atoms with Gasteiger partial charge in [0.05, 0.1) is 10.9 Å². The predicted octanol–water partition coefficient (Wildman–Crippen LogP) is 2.60. The zero-order valence-electron chi connectivity index (χ0n) is 18.7. The van der Waals surface area contributed by atoms with Gasteiger partial charge in [-0.3, -0.25) is 14.5 Å². The Labute approximate surface area is 199 Å². The third kappa shape index (κ3) is 5.61. The first kappa shape index (κ1) is 23.9. The third-order valence-corrected chi connectivity index (χ3v) is 7.49. The second kappa shape index (κ2) is 10.3. The number of carbonyl (C=O) groups excluding carboxylic acids is 2. The molecule has 4 rings (SSSR count). The Hall–Kier alpha value is -3.27. The average molecular weight is 481 g/mol. The number of hydrogen-bond donors (Lipinski definition) is 3. The molecular weight excluding hydrogens is 452 g/mol. The first-order valence-corrected chi connectivity index (χ1v) is 12.7. The van der Waals surface area contributed by atoms with Gasteiger partial charge in [0, 0.05) is 25.2 Å². The van der Waals surface area contributed by atoms with E-state index in [1.54, 1.807) is 24.3 Å². The standard InChI is InChI=1S/C25H28N4O4S/c26-25(31)23-10-5-15-29(23)17-20-8-3-4-9-22(20)28-24(30)13-14-27-34(32,33)21-12-11-18-6-1-2-7-19(18)16-21/h1-4,6-9,11-12,16,23,27H,5,10,13-15,17H2,(H2,26,31)(H,28,30). The maximum absolute atomic E-state index is 12.7. The molecule has 3 aromatic rings. The fraction of sp³-hybridized carbons (Fsp3) is 0.280. The van der Waals surface area contributed by atoms with Crippen molar-refractivity contribution >= 4 is 38.3 Å². The number of hydrogen-bond acceptors (Lipinski definition) is 5. The van der Waals surface area contributed by atoms with E-state index >= 15 is 0 Å². The van der Waals surface area contributed by atoms with E-state index in [0.29, 0.717) is 12.2 Å². The molecule has 0 aliphatic carbocycles. The second-order valence-corrected chi connectivity index (χ2v) is 10.2. The lowest BCUT2D eigenvalue weighted by Crippen LogP contribution is -2.39. The number of rotatable bonds is 9. The molecule has 0 radical (unpaired) electrons. The van der Waals surface area contributed by atoms with Crippen LogP contribution in [0.3, 0.4) is 0 Å². The van der Waals surface area contributed by atoms with E-state index in [2.05, 4.69) is 10.0 Å². The molecule has 1 fully saturated rings. The van der Waals surface area contributed by atoms with Crippen molar-refractivity contribution in [1.29, 1.82) is 0 Å². The normalized spacial score (nSPS) is 16.5. The topological polar surface area (TPSA) is 122 Å². The minimum absolute atomic E-state index is 0.0191. The Bertz CT molecular complexity index is 1310. The Morgan fingerprint density at radius 1 is 1.00 bits per heavy atom. The van der Waals surface area contributed by atoms with Gasteiger partial charge in [-0.15, -0.1) is 0 Å². The largest absolute Gasteiger partial charge is 0.368 e. The second-order valence-electron chi connectivity index (χ2n) is 8.39. The number of benzene rings is 3. The Morgan fingerprint density at radius 2 is 1.74 bits per heavy atom. The van der Waals surface area contributed by atoms with Crippen LogP contribution < -0.4 is 15.8 Å². The van der Waals surface area contributed by atoms with Crippen LogP contribution in [0.25, 0.3) is 10.8 Å². The summed E-state index contributed by atoms with van der Waals surface area (Å²) in [6, 6.07) is 19.5. The maximum atomic E-state index is 12.7. The van der Waals surface area contributed by atoms with Gasteiger partial charge >= 0.3 is 0 Å².